The van der Waals surface area contributed by atoms with Crippen molar-refractivity contribution in [3.63, 3.8) is 0 Å². The Morgan fingerprint density at radius 1 is 1.14 bits per heavy atom. The number of carbonyl (C=O) groups excluding carboxylic acids is 1. The molecule has 0 spiro atoms. The number of benzene rings is 1. The highest BCUT2D eigenvalue weighted by molar-refractivity contribution is 7.11. The molecule has 0 unspecified atom stereocenters. The first-order valence-electron chi connectivity index (χ1n) is 10.2. The lowest BCUT2D eigenvalue weighted by Gasteiger charge is -2.41. The quantitative estimate of drug-likeness (QED) is 0.660. The molecule has 1 amide bonds. The van der Waals surface area contributed by atoms with Crippen molar-refractivity contribution < 1.29 is 9.53 Å². The molecule has 0 aliphatic carbocycles. The molecule has 0 saturated carbocycles. The van der Waals surface area contributed by atoms with Crippen molar-refractivity contribution >= 4 is 34.9 Å². The van der Waals surface area contributed by atoms with Crippen molar-refractivity contribution in [3.8, 4) is 5.19 Å². The van der Waals surface area contributed by atoms with Crippen molar-refractivity contribution in [1.29, 1.82) is 0 Å². The van der Waals surface area contributed by atoms with E-state index in [-0.39, 0.29) is 12.0 Å². The van der Waals surface area contributed by atoms with Gasteiger partial charge in [0.2, 0.25) is 5.91 Å². The maximum atomic E-state index is 12.5. The number of amides is 1. The van der Waals surface area contributed by atoms with Crippen LogP contribution in [0.1, 0.15) is 31.2 Å². The van der Waals surface area contributed by atoms with E-state index >= 15 is 0 Å². The summed E-state index contributed by atoms with van der Waals surface area (Å²) in [5, 5.41) is 3.39. The van der Waals surface area contributed by atoms with Gasteiger partial charge in [0, 0.05) is 54.9 Å². The molecule has 3 heterocycles. The first-order chi connectivity index (χ1) is 14.2. The molecule has 2 aliphatic rings. The van der Waals surface area contributed by atoms with Gasteiger partial charge in [-0.25, -0.2) is 4.98 Å². The van der Waals surface area contributed by atoms with E-state index in [4.69, 9.17) is 16.3 Å². The van der Waals surface area contributed by atoms with E-state index in [1.807, 2.05) is 40.6 Å². The summed E-state index contributed by atoms with van der Waals surface area (Å²) in [7, 11) is 0. The van der Waals surface area contributed by atoms with E-state index in [1.165, 1.54) is 0 Å². The molecule has 154 valence electrons. The summed E-state index contributed by atoms with van der Waals surface area (Å²) in [6.07, 6.45) is 9.65. The van der Waals surface area contributed by atoms with Crippen LogP contribution in [-0.4, -0.2) is 59.0 Å². The second-order valence-corrected chi connectivity index (χ2v) is 8.83. The summed E-state index contributed by atoms with van der Waals surface area (Å²) in [5.41, 5.74) is 0.875. The molecule has 0 radical (unpaired) electrons. The van der Waals surface area contributed by atoms with Crippen LogP contribution in [0.4, 0.5) is 0 Å². The highest BCUT2D eigenvalue weighted by atomic mass is 35.5. The monoisotopic (exact) mass is 431 g/mol. The number of rotatable bonds is 5. The lowest BCUT2D eigenvalue weighted by molar-refractivity contribution is -0.127. The number of thiazole rings is 1. The van der Waals surface area contributed by atoms with Crippen LogP contribution in [0.5, 0.6) is 5.19 Å². The van der Waals surface area contributed by atoms with Crippen LogP contribution in [0.15, 0.2) is 41.9 Å². The first kappa shape index (κ1) is 20.4. The molecule has 2 aliphatic heterocycles. The summed E-state index contributed by atoms with van der Waals surface area (Å²) >= 11 is 7.71. The minimum absolute atomic E-state index is 0.0684. The van der Waals surface area contributed by atoms with Gasteiger partial charge in [0.05, 0.1) is 0 Å². The van der Waals surface area contributed by atoms with Crippen LogP contribution < -0.4 is 4.74 Å². The molecule has 0 atom stereocenters. The van der Waals surface area contributed by atoms with Crippen LogP contribution in [0.25, 0.3) is 6.08 Å². The maximum absolute atomic E-state index is 12.5. The minimum Gasteiger partial charge on any atom is -0.467 e. The van der Waals surface area contributed by atoms with Crippen LogP contribution in [0.2, 0.25) is 5.02 Å². The number of nitrogens with zero attached hydrogens (tertiary/aromatic N) is 3. The van der Waals surface area contributed by atoms with Gasteiger partial charge in [-0.3, -0.25) is 9.69 Å². The smallest absolute Gasteiger partial charge is 0.273 e. The summed E-state index contributed by atoms with van der Waals surface area (Å²) in [5.74, 6) is 0.0684. The molecule has 2 fully saturated rings. The van der Waals surface area contributed by atoms with Crippen molar-refractivity contribution in [2.24, 2.45) is 0 Å². The molecule has 0 N–H and O–H groups in total. The molecule has 4 rings (SSSR count). The van der Waals surface area contributed by atoms with E-state index in [2.05, 4.69) is 9.88 Å². The zero-order chi connectivity index (χ0) is 20.1. The standard InChI is InChI=1S/C22H26ClN3O2S/c23-20-4-2-1-3-17(20)5-6-21(27)26-12-7-18(8-13-26)25-14-9-19(10-15-25)28-22-24-11-16-29-22/h1-6,11,16,18-19H,7-10,12-15H2/b6-5+. The molecular weight excluding hydrogens is 406 g/mol. The van der Waals surface area contributed by atoms with Gasteiger partial charge < -0.3 is 9.64 Å². The van der Waals surface area contributed by atoms with Crippen LogP contribution in [0, 0.1) is 0 Å². The number of piperidine rings is 2. The summed E-state index contributed by atoms with van der Waals surface area (Å²) in [4.78, 5) is 21.3. The van der Waals surface area contributed by atoms with Crippen molar-refractivity contribution in [2.75, 3.05) is 26.2 Å². The average molecular weight is 432 g/mol. The fourth-order valence-electron chi connectivity index (χ4n) is 4.10. The average Bonchev–Trinajstić information content (AvgIpc) is 3.27. The third-order valence-electron chi connectivity index (χ3n) is 5.76. The fraction of sp³-hybridized carbons (Fsp3) is 0.455. The van der Waals surface area contributed by atoms with Crippen LogP contribution in [0.3, 0.4) is 0 Å². The molecule has 29 heavy (non-hydrogen) atoms. The SMILES string of the molecule is O=C(/C=C/c1ccccc1Cl)N1CCC(N2CCC(Oc3nccs3)CC2)CC1. The van der Waals surface area contributed by atoms with E-state index in [1.54, 1.807) is 23.6 Å². The Hall–Kier alpha value is -1.89. The van der Waals surface area contributed by atoms with Gasteiger partial charge in [0.25, 0.3) is 5.19 Å². The number of halogens is 1. The van der Waals surface area contributed by atoms with Gasteiger partial charge in [-0.1, -0.05) is 41.1 Å². The van der Waals surface area contributed by atoms with Gasteiger partial charge in [0.15, 0.2) is 0 Å². The van der Waals surface area contributed by atoms with E-state index < -0.39 is 0 Å². The number of likely N-dealkylation sites (tertiary alicyclic amines) is 2. The Kier molecular flexibility index (Phi) is 6.85. The molecule has 1 aromatic carbocycles. The zero-order valence-corrected chi connectivity index (χ0v) is 17.9. The van der Waals surface area contributed by atoms with E-state index in [0.29, 0.717) is 11.1 Å². The van der Waals surface area contributed by atoms with Crippen molar-refractivity contribution in [1.82, 2.24) is 14.8 Å². The number of carbonyl (C=O) groups is 1. The Morgan fingerprint density at radius 3 is 2.59 bits per heavy atom. The highest BCUT2D eigenvalue weighted by Gasteiger charge is 2.29. The number of aromatic nitrogens is 1. The van der Waals surface area contributed by atoms with Gasteiger partial charge >= 0.3 is 0 Å². The largest absolute Gasteiger partial charge is 0.467 e. The first-order valence-corrected chi connectivity index (χ1v) is 11.5. The third-order valence-corrected chi connectivity index (χ3v) is 6.76. The second-order valence-electron chi connectivity index (χ2n) is 7.56. The summed E-state index contributed by atoms with van der Waals surface area (Å²) in [6.45, 7) is 3.74. The third kappa shape index (κ3) is 5.38. The Balaban J connectivity index is 1.21. The highest BCUT2D eigenvalue weighted by Crippen LogP contribution is 2.25. The second kappa shape index (κ2) is 9.74. The lowest BCUT2D eigenvalue weighted by Crippen LogP contribution is -2.49. The molecule has 0 bridgehead atoms. The molecule has 5 nitrogen and oxygen atoms in total. The number of hydrogen-bond donors (Lipinski definition) is 0. The zero-order valence-electron chi connectivity index (χ0n) is 16.4. The number of hydrogen-bond acceptors (Lipinski definition) is 5. The predicted octanol–water partition coefficient (Wildman–Crippen LogP) is 4.34. The van der Waals surface area contributed by atoms with Gasteiger partial charge in [-0.15, -0.1) is 0 Å². The van der Waals surface area contributed by atoms with Crippen LogP contribution in [-0.2, 0) is 4.79 Å². The lowest BCUT2D eigenvalue weighted by atomic mass is 9.99. The molecule has 7 heteroatoms. The molecule has 1 aromatic heterocycles. The molecular formula is C22H26ClN3O2S. The van der Waals surface area contributed by atoms with E-state index in [9.17, 15) is 4.79 Å². The van der Waals surface area contributed by atoms with Crippen molar-refractivity contribution in [3.05, 3.63) is 52.5 Å². The van der Waals surface area contributed by atoms with Gasteiger partial charge in [0.1, 0.15) is 6.10 Å². The Labute approximate surface area is 180 Å². The van der Waals surface area contributed by atoms with Gasteiger partial charge in [-0.2, -0.15) is 0 Å². The summed E-state index contributed by atoms with van der Waals surface area (Å²) < 4.78 is 5.96. The summed E-state index contributed by atoms with van der Waals surface area (Å²) in [6, 6.07) is 8.13. The predicted molar refractivity (Wildman–Crippen MR) is 117 cm³/mol. The normalized spacial score (nSPS) is 19.7. The van der Waals surface area contributed by atoms with E-state index in [0.717, 1.165) is 62.6 Å². The van der Waals surface area contributed by atoms with Crippen molar-refractivity contribution in [2.45, 2.75) is 37.8 Å². The number of ether oxygens (including phenoxy) is 1. The molecule has 2 saturated heterocycles. The topological polar surface area (TPSA) is 45.7 Å². The van der Waals surface area contributed by atoms with Crippen LogP contribution >= 0.6 is 22.9 Å². The molecule has 2 aromatic rings. The van der Waals surface area contributed by atoms with Gasteiger partial charge in [-0.05, 0) is 43.4 Å². The Bertz CT molecular complexity index is 826. The fourth-order valence-corrected chi connectivity index (χ4v) is 4.85. The maximum Gasteiger partial charge on any atom is 0.273 e. The minimum atomic E-state index is 0.0684. The Morgan fingerprint density at radius 2 is 1.90 bits per heavy atom.